The molecule has 1 unspecified atom stereocenters. The first-order chi connectivity index (χ1) is 9.87. The average Bonchev–Trinajstić information content (AvgIpc) is 2.37. The van der Waals surface area contributed by atoms with Gasteiger partial charge in [-0.05, 0) is 12.1 Å². The third kappa shape index (κ3) is 3.48. The van der Waals surface area contributed by atoms with Gasteiger partial charge >= 0.3 is 0 Å². The van der Waals surface area contributed by atoms with Gasteiger partial charge in [-0.2, -0.15) is 9.30 Å². The predicted octanol–water partition coefficient (Wildman–Crippen LogP) is 2.44. The number of sulfonamides is 1. The fraction of sp³-hybridized carbons (Fsp3) is 0.364. The van der Waals surface area contributed by atoms with Crippen LogP contribution in [0.3, 0.4) is 0 Å². The first-order valence-corrected chi connectivity index (χ1v) is 8.68. The predicted molar refractivity (Wildman–Crippen MR) is 80.8 cm³/mol. The highest BCUT2D eigenvalue weighted by atomic mass is 79.9. The Bertz CT molecular complexity index is 683. The van der Waals surface area contributed by atoms with Crippen molar-refractivity contribution in [2.75, 3.05) is 19.8 Å². The molecule has 1 heterocycles. The molecule has 1 aliphatic heterocycles. The average molecular weight is 416 g/mol. The molecule has 0 radical (unpaired) electrons. The second-order valence-electron chi connectivity index (χ2n) is 4.09. The molecule has 1 saturated heterocycles. The molecule has 0 aromatic heterocycles. The SMILES string of the molecule is O=C=NC1COCCN1S(=O)(=O)c1c(Cl)cc(Br)cc1Cl. The topological polar surface area (TPSA) is 76.0 Å². The quantitative estimate of drug-likeness (QED) is 0.561. The number of rotatable bonds is 3. The largest absolute Gasteiger partial charge is 0.376 e. The monoisotopic (exact) mass is 414 g/mol. The molecular formula is C11H9BrCl2N2O4S. The van der Waals surface area contributed by atoms with Crippen LogP contribution < -0.4 is 0 Å². The molecule has 1 aromatic carbocycles. The van der Waals surface area contributed by atoms with E-state index < -0.39 is 16.2 Å². The Morgan fingerprint density at radius 3 is 2.57 bits per heavy atom. The van der Waals surface area contributed by atoms with Gasteiger partial charge in [-0.1, -0.05) is 39.1 Å². The van der Waals surface area contributed by atoms with Crippen molar-refractivity contribution < 1.29 is 17.9 Å². The molecule has 0 aliphatic carbocycles. The lowest BCUT2D eigenvalue weighted by Gasteiger charge is -2.31. The van der Waals surface area contributed by atoms with Crippen LogP contribution in [0.25, 0.3) is 0 Å². The van der Waals surface area contributed by atoms with Crippen LogP contribution in [-0.2, 0) is 19.6 Å². The van der Waals surface area contributed by atoms with Gasteiger partial charge in [0.1, 0.15) is 4.90 Å². The van der Waals surface area contributed by atoms with Gasteiger partial charge in [0, 0.05) is 11.0 Å². The van der Waals surface area contributed by atoms with Crippen molar-refractivity contribution in [2.45, 2.75) is 11.1 Å². The summed E-state index contributed by atoms with van der Waals surface area (Å²) in [5, 5.41) is -0.0376. The third-order valence-corrected chi connectivity index (χ3v) is 6.06. The van der Waals surface area contributed by atoms with E-state index >= 15 is 0 Å². The summed E-state index contributed by atoms with van der Waals surface area (Å²) in [7, 11) is -4.02. The Kier molecular flexibility index (Phi) is 5.43. The Hall–Kier alpha value is -0.470. The molecule has 0 amide bonds. The van der Waals surface area contributed by atoms with Gasteiger partial charge < -0.3 is 4.74 Å². The van der Waals surface area contributed by atoms with Crippen LogP contribution in [-0.4, -0.2) is 44.7 Å². The number of nitrogens with zero attached hydrogens (tertiary/aromatic N) is 2. The summed E-state index contributed by atoms with van der Waals surface area (Å²) >= 11 is 15.2. The molecule has 1 aromatic rings. The maximum Gasteiger partial charge on any atom is 0.248 e. The van der Waals surface area contributed by atoms with Crippen LogP contribution >= 0.6 is 39.1 Å². The highest BCUT2D eigenvalue weighted by Gasteiger charge is 2.36. The zero-order valence-corrected chi connectivity index (χ0v) is 14.3. The van der Waals surface area contributed by atoms with E-state index in [1.165, 1.54) is 18.2 Å². The third-order valence-electron chi connectivity index (χ3n) is 2.79. The van der Waals surface area contributed by atoms with Gasteiger partial charge in [-0.3, -0.25) is 0 Å². The summed E-state index contributed by atoms with van der Waals surface area (Å²) in [6, 6.07) is 2.86. The van der Waals surface area contributed by atoms with Gasteiger partial charge in [0.15, 0.2) is 6.17 Å². The second-order valence-corrected chi connectivity index (χ2v) is 7.65. The maximum atomic E-state index is 12.7. The molecule has 0 saturated carbocycles. The van der Waals surface area contributed by atoms with Crippen molar-refractivity contribution in [3.05, 3.63) is 26.7 Å². The number of hydrogen-bond donors (Lipinski definition) is 0. The molecule has 1 fully saturated rings. The van der Waals surface area contributed by atoms with Crippen molar-refractivity contribution in [1.29, 1.82) is 0 Å². The molecule has 0 spiro atoms. The zero-order valence-electron chi connectivity index (χ0n) is 10.4. The van der Waals surface area contributed by atoms with Gasteiger partial charge in [-0.15, -0.1) is 0 Å². The van der Waals surface area contributed by atoms with Crippen molar-refractivity contribution >= 4 is 55.2 Å². The van der Waals surface area contributed by atoms with Gasteiger partial charge in [-0.25, -0.2) is 13.2 Å². The van der Waals surface area contributed by atoms with Gasteiger partial charge in [0.25, 0.3) is 0 Å². The van der Waals surface area contributed by atoms with Gasteiger partial charge in [0.05, 0.1) is 23.3 Å². The van der Waals surface area contributed by atoms with Crippen LogP contribution in [0, 0.1) is 0 Å². The summed E-state index contributed by atoms with van der Waals surface area (Å²) in [4.78, 5) is 13.7. The molecular weight excluding hydrogens is 407 g/mol. The lowest BCUT2D eigenvalue weighted by Crippen LogP contribution is -2.47. The number of carbonyl (C=O) groups excluding carboxylic acids is 1. The van der Waals surface area contributed by atoms with E-state index in [1.807, 2.05) is 0 Å². The normalized spacial score (nSPS) is 20.0. The number of morpholine rings is 1. The molecule has 10 heteroatoms. The van der Waals surface area contributed by atoms with E-state index in [0.29, 0.717) is 4.47 Å². The maximum absolute atomic E-state index is 12.7. The standard InChI is InChI=1S/C11H9BrCl2N2O4S/c12-7-3-8(13)11(9(14)4-7)21(18,19)16-1-2-20-5-10(16)15-6-17/h3-4,10H,1-2,5H2. The molecule has 1 aliphatic rings. The van der Waals surface area contributed by atoms with Crippen LogP contribution in [0.1, 0.15) is 0 Å². The smallest absolute Gasteiger partial charge is 0.248 e. The number of halogens is 3. The molecule has 21 heavy (non-hydrogen) atoms. The Labute approximate surface area is 139 Å². The van der Waals surface area contributed by atoms with Crippen molar-refractivity contribution in [3.63, 3.8) is 0 Å². The summed E-state index contributed by atoms with van der Waals surface area (Å²) in [5.74, 6) is 0. The minimum Gasteiger partial charge on any atom is -0.376 e. The highest BCUT2D eigenvalue weighted by molar-refractivity contribution is 9.10. The highest BCUT2D eigenvalue weighted by Crippen LogP contribution is 2.35. The van der Waals surface area contributed by atoms with Crippen molar-refractivity contribution in [2.24, 2.45) is 4.99 Å². The van der Waals surface area contributed by atoms with Crippen LogP contribution in [0.15, 0.2) is 26.5 Å². The lowest BCUT2D eigenvalue weighted by atomic mass is 10.4. The van der Waals surface area contributed by atoms with E-state index in [2.05, 4.69) is 20.9 Å². The molecule has 114 valence electrons. The number of benzene rings is 1. The van der Waals surface area contributed by atoms with E-state index in [1.54, 1.807) is 0 Å². The summed E-state index contributed by atoms with van der Waals surface area (Å²) in [5.41, 5.74) is 0. The number of aliphatic imine (C=N–C) groups is 1. The number of isocyanates is 1. The first-order valence-electron chi connectivity index (χ1n) is 5.69. The fourth-order valence-corrected chi connectivity index (χ4v) is 5.29. The van der Waals surface area contributed by atoms with E-state index in [9.17, 15) is 13.2 Å². The minimum atomic E-state index is -4.02. The van der Waals surface area contributed by atoms with E-state index in [0.717, 1.165) is 4.31 Å². The second kappa shape index (κ2) is 6.75. The summed E-state index contributed by atoms with van der Waals surface area (Å²) in [6.45, 7) is 0.205. The van der Waals surface area contributed by atoms with Crippen molar-refractivity contribution in [3.8, 4) is 0 Å². The van der Waals surface area contributed by atoms with Crippen LogP contribution in [0.4, 0.5) is 0 Å². The van der Waals surface area contributed by atoms with E-state index in [4.69, 9.17) is 27.9 Å². The fourth-order valence-electron chi connectivity index (χ4n) is 1.91. The molecule has 6 nitrogen and oxygen atoms in total. The summed E-state index contributed by atoms with van der Waals surface area (Å²) < 4.78 is 32.2. The number of hydrogen-bond acceptors (Lipinski definition) is 5. The number of ether oxygens (including phenoxy) is 1. The van der Waals surface area contributed by atoms with Crippen molar-refractivity contribution in [1.82, 2.24) is 4.31 Å². The molecule has 2 rings (SSSR count). The first kappa shape index (κ1) is 16.9. The molecule has 1 atom stereocenters. The van der Waals surface area contributed by atoms with E-state index in [-0.39, 0.29) is 34.7 Å². The molecule has 0 bridgehead atoms. The molecule has 0 N–H and O–H groups in total. The van der Waals surface area contributed by atoms with Crippen LogP contribution in [0.5, 0.6) is 0 Å². The Morgan fingerprint density at radius 2 is 2.00 bits per heavy atom. The summed E-state index contributed by atoms with van der Waals surface area (Å²) in [6.07, 6.45) is 0.370. The lowest BCUT2D eigenvalue weighted by molar-refractivity contribution is 0.0359. The van der Waals surface area contributed by atoms with Crippen LogP contribution in [0.2, 0.25) is 10.0 Å². The Balaban J connectivity index is 2.53. The Morgan fingerprint density at radius 1 is 1.38 bits per heavy atom. The minimum absolute atomic E-state index is 0.0188. The zero-order chi connectivity index (χ0) is 15.6. The van der Waals surface area contributed by atoms with Gasteiger partial charge in [0.2, 0.25) is 16.1 Å².